The van der Waals surface area contributed by atoms with Crippen LogP contribution < -0.4 is 15.4 Å². The Morgan fingerprint density at radius 1 is 0.920 bits per heavy atom. The summed E-state index contributed by atoms with van der Waals surface area (Å²) in [7, 11) is 0. The van der Waals surface area contributed by atoms with Crippen molar-refractivity contribution in [3.05, 3.63) is 42.5 Å². The molecule has 5 heteroatoms. The predicted octanol–water partition coefficient (Wildman–Crippen LogP) is 3.03. The molecule has 0 aromatic heterocycles. The number of hydrogen-bond donors (Lipinski definition) is 2. The van der Waals surface area contributed by atoms with Crippen LogP contribution in [0.15, 0.2) is 42.5 Å². The van der Waals surface area contributed by atoms with Gasteiger partial charge in [0.15, 0.2) is 0 Å². The Kier molecular flexibility index (Phi) is 7.76. The third-order valence-electron chi connectivity index (χ3n) is 3.89. The number of unbranched alkanes of at least 4 members (excludes halogenated alkanes) is 2. The van der Waals surface area contributed by atoms with Crippen molar-refractivity contribution in [2.75, 3.05) is 19.7 Å². The van der Waals surface area contributed by atoms with E-state index in [1.54, 1.807) is 0 Å². The first kappa shape index (κ1) is 18.8. The second-order valence-corrected chi connectivity index (χ2v) is 5.97. The molecule has 5 nitrogen and oxygen atoms in total. The Hall–Kier alpha value is -2.56. The SMILES string of the molecule is CC(=O)NCCCCCC(=O)NCCOc1cccc2ccccc12. The van der Waals surface area contributed by atoms with Crippen LogP contribution in [0.2, 0.25) is 0 Å². The quantitative estimate of drug-likeness (QED) is 0.652. The van der Waals surface area contributed by atoms with E-state index in [4.69, 9.17) is 4.74 Å². The molecular weight excluding hydrogens is 316 g/mol. The first-order valence-corrected chi connectivity index (χ1v) is 8.78. The lowest BCUT2D eigenvalue weighted by atomic mass is 10.1. The minimum Gasteiger partial charge on any atom is -0.491 e. The van der Waals surface area contributed by atoms with Gasteiger partial charge in [0.2, 0.25) is 11.8 Å². The van der Waals surface area contributed by atoms with Gasteiger partial charge >= 0.3 is 0 Å². The van der Waals surface area contributed by atoms with Crippen LogP contribution in [0.4, 0.5) is 0 Å². The van der Waals surface area contributed by atoms with Gasteiger partial charge in [-0.15, -0.1) is 0 Å². The van der Waals surface area contributed by atoms with Crippen LogP contribution in [0.5, 0.6) is 5.75 Å². The van der Waals surface area contributed by atoms with E-state index in [-0.39, 0.29) is 11.8 Å². The predicted molar refractivity (Wildman–Crippen MR) is 99.6 cm³/mol. The van der Waals surface area contributed by atoms with Gasteiger partial charge in [0.25, 0.3) is 0 Å². The molecule has 2 N–H and O–H groups in total. The maximum atomic E-state index is 11.8. The normalized spacial score (nSPS) is 10.4. The molecule has 0 atom stereocenters. The van der Waals surface area contributed by atoms with Gasteiger partial charge in [-0.2, -0.15) is 0 Å². The van der Waals surface area contributed by atoms with Gasteiger partial charge in [-0.1, -0.05) is 42.8 Å². The summed E-state index contributed by atoms with van der Waals surface area (Å²) in [4.78, 5) is 22.5. The minimum atomic E-state index is -0.0102. The van der Waals surface area contributed by atoms with E-state index in [9.17, 15) is 9.59 Å². The Balaban J connectivity index is 1.59. The molecule has 0 aliphatic carbocycles. The number of benzene rings is 2. The molecular formula is C20H26N2O3. The number of carbonyl (C=O) groups excluding carboxylic acids is 2. The molecule has 0 unspecified atom stereocenters. The van der Waals surface area contributed by atoms with Crippen LogP contribution in [-0.4, -0.2) is 31.5 Å². The lowest BCUT2D eigenvalue weighted by Gasteiger charge is -2.10. The summed E-state index contributed by atoms with van der Waals surface area (Å²) in [6.07, 6.45) is 3.17. The van der Waals surface area contributed by atoms with E-state index in [1.807, 2.05) is 30.3 Å². The molecule has 0 saturated heterocycles. The number of carbonyl (C=O) groups is 2. The summed E-state index contributed by atoms with van der Waals surface area (Å²) in [5.74, 6) is 0.871. The first-order chi connectivity index (χ1) is 12.2. The fourth-order valence-electron chi connectivity index (χ4n) is 2.61. The van der Waals surface area contributed by atoms with E-state index < -0.39 is 0 Å². The number of rotatable bonds is 10. The Bertz CT molecular complexity index is 695. The number of nitrogens with one attached hydrogen (secondary N) is 2. The number of hydrogen-bond acceptors (Lipinski definition) is 3. The van der Waals surface area contributed by atoms with E-state index in [0.29, 0.717) is 26.1 Å². The third-order valence-corrected chi connectivity index (χ3v) is 3.89. The van der Waals surface area contributed by atoms with E-state index in [1.165, 1.54) is 6.92 Å². The number of fused-ring (bicyclic) bond motifs is 1. The molecule has 2 aromatic carbocycles. The van der Waals surface area contributed by atoms with Gasteiger partial charge < -0.3 is 15.4 Å². The van der Waals surface area contributed by atoms with E-state index in [2.05, 4.69) is 22.8 Å². The molecule has 0 fully saturated rings. The minimum absolute atomic E-state index is 0.0102. The molecule has 0 aliphatic rings. The van der Waals surface area contributed by atoms with Gasteiger partial charge in [-0.3, -0.25) is 9.59 Å². The van der Waals surface area contributed by atoms with E-state index >= 15 is 0 Å². The van der Waals surface area contributed by atoms with Crippen LogP contribution in [0.1, 0.15) is 32.6 Å². The highest BCUT2D eigenvalue weighted by Crippen LogP contribution is 2.24. The molecule has 0 bridgehead atoms. The smallest absolute Gasteiger partial charge is 0.220 e. The summed E-state index contributed by atoms with van der Waals surface area (Å²) >= 11 is 0. The summed E-state index contributed by atoms with van der Waals surface area (Å²) in [6, 6.07) is 14.0. The van der Waals surface area contributed by atoms with Crippen LogP contribution in [0, 0.1) is 0 Å². The first-order valence-electron chi connectivity index (χ1n) is 8.78. The van der Waals surface area contributed by atoms with Crippen molar-refractivity contribution in [1.29, 1.82) is 0 Å². The molecule has 0 heterocycles. The number of amides is 2. The summed E-state index contributed by atoms with van der Waals surface area (Å²) < 4.78 is 5.79. The van der Waals surface area contributed by atoms with Gasteiger partial charge in [0.1, 0.15) is 12.4 Å². The Morgan fingerprint density at radius 3 is 2.56 bits per heavy atom. The standard InChI is InChI=1S/C20H26N2O3/c1-16(23)21-13-6-2-3-12-20(24)22-14-15-25-19-11-7-9-17-8-4-5-10-18(17)19/h4-5,7-11H,2-3,6,12-15H2,1H3,(H,21,23)(H,22,24). The molecule has 0 saturated carbocycles. The number of ether oxygens (including phenoxy) is 1. The molecule has 25 heavy (non-hydrogen) atoms. The Labute approximate surface area is 148 Å². The third kappa shape index (κ3) is 6.83. The van der Waals surface area contributed by atoms with E-state index in [0.717, 1.165) is 35.8 Å². The second kappa shape index (κ2) is 10.3. The van der Waals surface area contributed by atoms with Crippen molar-refractivity contribution in [3.63, 3.8) is 0 Å². The van der Waals surface area contributed by atoms with Crippen molar-refractivity contribution in [2.24, 2.45) is 0 Å². The lowest BCUT2D eigenvalue weighted by molar-refractivity contribution is -0.121. The van der Waals surface area contributed by atoms with Gasteiger partial charge in [-0.25, -0.2) is 0 Å². The molecule has 134 valence electrons. The van der Waals surface area contributed by atoms with Crippen molar-refractivity contribution >= 4 is 22.6 Å². The molecule has 2 rings (SSSR count). The lowest BCUT2D eigenvalue weighted by Crippen LogP contribution is -2.27. The maximum Gasteiger partial charge on any atom is 0.220 e. The van der Waals surface area contributed by atoms with Crippen molar-refractivity contribution in [2.45, 2.75) is 32.6 Å². The van der Waals surface area contributed by atoms with Crippen LogP contribution in [0.25, 0.3) is 10.8 Å². The van der Waals surface area contributed by atoms with Gasteiger partial charge in [0.05, 0.1) is 6.54 Å². The Morgan fingerprint density at radius 2 is 1.72 bits per heavy atom. The molecule has 0 radical (unpaired) electrons. The van der Waals surface area contributed by atoms with Crippen molar-refractivity contribution in [1.82, 2.24) is 10.6 Å². The van der Waals surface area contributed by atoms with Gasteiger partial charge in [0, 0.05) is 25.3 Å². The summed E-state index contributed by atoms with van der Waals surface area (Å²) in [5.41, 5.74) is 0. The highest BCUT2D eigenvalue weighted by molar-refractivity contribution is 5.88. The fraction of sp³-hybridized carbons (Fsp3) is 0.400. The average Bonchev–Trinajstić information content (AvgIpc) is 2.61. The monoisotopic (exact) mass is 342 g/mol. The largest absolute Gasteiger partial charge is 0.491 e. The summed E-state index contributed by atoms with van der Waals surface area (Å²) in [5, 5.41) is 7.85. The topological polar surface area (TPSA) is 67.4 Å². The maximum absolute atomic E-state index is 11.8. The second-order valence-electron chi connectivity index (χ2n) is 5.97. The average molecular weight is 342 g/mol. The van der Waals surface area contributed by atoms with Crippen molar-refractivity contribution in [3.8, 4) is 5.75 Å². The molecule has 2 amide bonds. The zero-order chi connectivity index (χ0) is 17.9. The zero-order valence-corrected chi connectivity index (χ0v) is 14.7. The van der Waals surface area contributed by atoms with Crippen molar-refractivity contribution < 1.29 is 14.3 Å². The molecule has 2 aromatic rings. The summed E-state index contributed by atoms with van der Waals surface area (Å²) in [6.45, 7) is 3.12. The van der Waals surface area contributed by atoms with Crippen LogP contribution in [-0.2, 0) is 9.59 Å². The zero-order valence-electron chi connectivity index (χ0n) is 14.7. The highest BCUT2D eigenvalue weighted by atomic mass is 16.5. The van der Waals surface area contributed by atoms with Crippen LogP contribution >= 0.6 is 0 Å². The van der Waals surface area contributed by atoms with Crippen LogP contribution in [0.3, 0.4) is 0 Å². The highest BCUT2D eigenvalue weighted by Gasteiger charge is 2.03. The molecule has 0 spiro atoms. The van der Waals surface area contributed by atoms with Gasteiger partial charge in [-0.05, 0) is 24.3 Å². The fourth-order valence-corrected chi connectivity index (χ4v) is 2.61. The molecule has 0 aliphatic heterocycles.